The van der Waals surface area contributed by atoms with Crippen LogP contribution in [-0.2, 0) is 6.42 Å². The molecule has 1 aliphatic rings. The number of ether oxygens (including phenoxy) is 1. The summed E-state index contributed by atoms with van der Waals surface area (Å²) in [4.78, 5) is 35.2. The number of hydrogen-bond acceptors (Lipinski definition) is 6. The minimum atomic E-state index is -0.280. The van der Waals surface area contributed by atoms with Crippen molar-refractivity contribution in [2.45, 2.75) is 27.2 Å². The molecule has 214 valence electrons. The van der Waals surface area contributed by atoms with Crippen molar-refractivity contribution in [3.63, 3.8) is 0 Å². The molecule has 1 aliphatic heterocycles. The summed E-state index contributed by atoms with van der Waals surface area (Å²) in [5.41, 5.74) is 3.31. The molecular formula is C31H32Cl2N4O3S. The van der Waals surface area contributed by atoms with E-state index in [9.17, 15) is 9.59 Å². The van der Waals surface area contributed by atoms with Crippen molar-refractivity contribution in [3.05, 3.63) is 85.6 Å². The molecule has 2 aromatic heterocycles. The van der Waals surface area contributed by atoms with Gasteiger partial charge in [0.25, 0.3) is 11.5 Å². The molecule has 5 rings (SSSR count). The zero-order chi connectivity index (χ0) is 29.1. The molecule has 10 heteroatoms. The number of nitrogens with one attached hydrogen (secondary N) is 1. The van der Waals surface area contributed by atoms with Crippen molar-refractivity contribution in [1.82, 2.24) is 19.8 Å². The monoisotopic (exact) mass is 610 g/mol. The first-order valence-corrected chi connectivity index (χ1v) is 15.3. The van der Waals surface area contributed by atoms with E-state index in [1.54, 1.807) is 28.8 Å². The highest BCUT2D eigenvalue weighted by atomic mass is 35.5. The molecule has 1 fully saturated rings. The highest BCUT2D eigenvalue weighted by molar-refractivity contribution is 7.13. The fourth-order valence-corrected chi connectivity index (χ4v) is 6.09. The van der Waals surface area contributed by atoms with Gasteiger partial charge in [0.05, 0.1) is 29.1 Å². The van der Waals surface area contributed by atoms with E-state index in [0.29, 0.717) is 69.4 Å². The topological polar surface area (TPSA) is 76.5 Å². The maximum absolute atomic E-state index is 14.5. The van der Waals surface area contributed by atoms with Crippen LogP contribution in [0.4, 0.5) is 0 Å². The summed E-state index contributed by atoms with van der Waals surface area (Å²) in [6.07, 6.45) is 0.509. The minimum Gasteiger partial charge on any atom is -0.492 e. The van der Waals surface area contributed by atoms with Crippen LogP contribution < -0.4 is 15.6 Å². The first-order valence-electron chi connectivity index (χ1n) is 13.7. The third-order valence-corrected chi connectivity index (χ3v) is 8.24. The molecule has 4 aromatic rings. The number of carbonyl (C=O) groups is 1. The van der Waals surface area contributed by atoms with Crippen LogP contribution in [0.1, 0.15) is 36.8 Å². The lowest BCUT2D eigenvalue weighted by molar-refractivity contribution is 0.0733. The standard InChI is InChI=1S/C31H32Cl2N4O3S/c1-4-40-28-10-9-22(33)16-27(28)37-26(15-19(2)3)23(30(38)36-13-11-34-12-14-36)17-24(31(37)39)29-35-25(18-41-29)20-5-7-21(32)8-6-20/h5-10,16-19,34H,4,11-15H2,1-3H3. The number of halogens is 2. The summed E-state index contributed by atoms with van der Waals surface area (Å²) in [5.74, 6) is 0.585. The van der Waals surface area contributed by atoms with Gasteiger partial charge in [0.2, 0.25) is 0 Å². The number of benzene rings is 2. The maximum atomic E-state index is 14.5. The van der Waals surface area contributed by atoms with E-state index >= 15 is 0 Å². The molecule has 0 saturated carbocycles. The molecule has 3 heterocycles. The molecule has 0 radical (unpaired) electrons. The summed E-state index contributed by atoms with van der Waals surface area (Å²) in [5, 5.41) is 6.84. The second kappa shape index (κ2) is 12.8. The van der Waals surface area contributed by atoms with Crippen LogP contribution in [0.15, 0.2) is 58.7 Å². The first kappa shape index (κ1) is 29.3. The number of pyridine rings is 1. The van der Waals surface area contributed by atoms with Crippen molar-refractivity contribution in [2.75, 3.05) is 32.8 Å². The Kier molecular flexibility index (Phi) is 9.14. The lowest BCUT2D eigenvalue weighted by Crippen LogP contribution is -2.47. The summed E-state index contributed by atoms with van der Waals surface area (Å²) in [6.45, 7) is 9.06. The number of thiazole rings is 1. The SMILES string of the molecule is CCOc1ccc(Cl)cc1-n1c(CC(C)C)c(C(=O)N2CCNCC2)cc(-c2nc(-c3ccc(Cl)cc3)cs2)c1=O. The molecule has 7 nitrogen and oxygen atoms in total. The van der Waals surface area contributed by atoms with Crippen molar-refractivity contribution >= 4 is 40.4 Å². The molecule has 0 unspecified atom stereocenters. The number of hydrogen-bond donors (Lipinski definition) is 1. The van der Waals surface area contributed by atoms with E-state index < -0.39 is 0 Å². The Morgan fingerprint density at radius 3 is 2.46 bits per heavy atom. The Hall–Kier alpha value is -3.17. The fraction of sp³-hybridized carbons (Fsp3) is 0.323. The Bertz CT molecular complexity index is 1610. The van der Waals surface area contributed by atoms with Gasteiger partial charge in [0, 0.05) is 52.9 Å². The quantitative estimate of drug-likeness (QED) is 0.244. The summed E-state index contributed by atoms with van der Waals surface area (Å²) < 4.78 is 7.57. The highest BCUT2D eigenvalue weighted by Crippen LogP contribution is 2.33. The summed E-state index contributed by atoms with van der Waals surface area (Å²) >= 11 is 13.9. The van der Waals surface area contributed by atoms with E-state index in [2.05, 4.69) is 19.2 Å². The molecule has 41 heavy (non-hydrogen) atoms. The van der Waals surface area contributed by atoms with E-state index in [4.69, 9.17) is 32.9 Å². The summed E-state index contributed by atoms with van der Waals surface area (Å²) in [6, 6.07) is 14.4. The molecule has 2 aromatic carbocycles. The minimum absolute atomic E-state index is 0.105. The average Bonchev–Trinajstić information content (AvgIpc) is 3.45. The lowest BCUT2D eigenvalue weighted by Gasteiger charge is -2.29. The van der Waals surface area contributed by atoms with Crippen LogP contribution in [0.3, 0.4) is 0 Å². The van der Waals surface area contributed by atoms with Crippen LogP contribution >= 0.6 is 34.5 Å². The largest absolute Gasteiger partial charge is 0.492 e. The Morgan fingerprint density at radius 2 is 1.78 bits per heavy atom. The molecule has 1 N–H and O–H groups in total. The molecular weight excluding hydrogens is 579 g/mol. The summed E-state index contributed by atoms with van der Waals surface area (Å²) in [7, 11) is 0. The number of rotatable bonds is 8. The van der Waals surface area contributed by atoms with E-state index in [1.165, 1.54) is 11.3 Å². The van der Waals surface area contributed by atoms with E-state index in [0.717, 1.165) is 24.3 Å². The number of piperazine rings is 1. The van der Waals surface area contributed by atoms with Gasteiger partial charge in [-0.2, -0.15) is 0 Å². The Labute approximate surface area is 253 Å². The predicted molar refractivity (Wildman–Crippen MR) is 167 cm³/mol. The molecule has 0 aliphatic carbocycles. The normalized spacial score (nSPS) is 13.6. The average molecular weight is 612 g/mol. The van der Waals surface area contributed by atoms with Gasteiger partial charge in [-0.15, -0.1) is 11.3 Å². The number of aromatic nitrogens is 2. The second-order valence-corrected chi connectivity index (χ2v) is 12.0. The number of amides is 1. The zero-order valence-corrected chi connectivity index (χ0v) is 25.6. The van der Waals surface area contributed by atoms with Gasteiger partial charge in [0.1, 0.15) is 10.8 Å². The predicted octanol–water partition coefficient (Wildman–Crippen LogP) is 6.58. The van der Waals surface area contributed by atoms with Crippen molar-refractivity contribution in [3.8, 4) is 33.3 Å². The van der Waals surface area contributed by atoms with Crippen molar-refractivity contribution in [1.29, 1.82) is 0 Å². The molecule has 0 bridgehead atoms. The van der Waals surface area contributed by atoms with Gasteiger partial charge in [-0.05, 0) is 55.7 Å². The highest BCUT2D eigenvalue weighted by Gasteiger charge is 2.28. The van der Waals surface area contributed by atoms with Crippen molar-refractivity contribution < 1.29 is 9.53 Å². The fourth-order valence-electron chi connectivity index (χ4n) is 4.97. The van der Waals surface area contributed by atoms with Gasteiger partial charge in [0.15, 0.2) is 0 Å². The van der Waals surface area contributed by atoms with Crippen LogP contribution in [0, 0.1) is 5.92 Å². The lowest BCUT2D eigenvalue weighted by atomic mass is 9.99. The first-order chi connectivity index (χ1) is 19.8. The molecule has 1 amide bonds. The van der Waals surface area contributed by atoms with E-state index in [-0.39, 0.29) is 17.4 Å². The number of nitrogens with zero attached hydrogens (tertiary/aromatic N) is 3. The molecule has 1 saturated heterocycles. The number of carbonyl (C=O) groups excluding carboxylic acids is 1. The van der Waals surface area contributed by atoms with Gasteiger partial charge in [-0.3, -0.25) is 14.2 Å². The van der Waals surface area contributed by atoms with Crippen molar-refractivity contribution in [2.24, 2.45) is 5.92 Å². The van der Waals surface area contributed by atoms with Gasteiger partial charge >= 0.3 is 0 Å². The molecule has 0 spiro atoms. The van der Waals surface area contributed by atoms with Gasteiger partial charge in [-0.25, -0.2) is 4.98 Å². The maximum Gasteiger partial charge on any atom is 0.265 e. The Balaban J connectivity index is 1.77. The third kappa shape index (κ3) is 6.36. The van der Waals surface area contributed by atoms with E-state index in [1.807, 2.05) is 41.5 Å². The van der Waals surface area contributed by atoms with Gasteiger partial charge < -0.3 is 15.0 Å². The van der Waals surface area contributed by atoms with Crippen LogP contribution in [-0.4, -0.2) is 53.1 Å². The van der Waals surface area contributed by atoms with Crippen LogP contribution in [0.5, 0.6) is 5.75 Å². The second-order valence-electron chi connectivity index (χ2n) is 10.3. The van der Waals surface area contributed by atoms with Gasteiger partial charge in [-0.1, -0.05) is 49.2 Å². The van der Waals surface area contributed by atoms with Crippen LogP contribution in [0.2, 0.25) is 10.0 Å². The smallest absolute Gasteiger partial charge is 0.265 e. The zero-order valence-electron chi connectivity index (χ0n) is 23.2. The molecule has 0 atom stereocenters. The van der Waals surface area contributed by atoms with Crippen LogP contribution in [0.25, 0.3) is 27.5 Å². The Morgan fingerprint density at radius 1 is 1.07 bits per heavy atom. The third-order valence-electron chi connectivity index (χ3n) is 6.88.